The van der Waals surface area contributed by atoms with Gasteiger partial charge in [-0.1, -0.05) is 115 Å². The molecule has 6 aliphatic rings. The molecule has 0 saturated heterocycles. The molecular formula is C50H29N3. The molecule has 15 rings (SSSR count). The molecule has 0 amide bonds. The van der Waals surface area contributed by atoms with E-state index in [0.717, 1.165) is 33.3 Å². The maximum absolute atomic E-state index is 11.1. The molecule has 3 nitrogen and oxygen atoms in total. The third-order valence-corrected chi connectivity index (χ3v) is 14.0. The van der Waals surface area contributed by atoms with Gasteiger partial charge in [-0.15, -0.1) is 0 Å². The lowest BCUT2D eigenvalue weighted by atomic mass is 9.52. The van der Waals surface area contributed by atoms with Crippen molar-refractivity contribution in [2.75, 3.05) is 0 Å². The van der Waals surface area contributed by atoms with E-state index in [1.165, 1.54) is 82.7 Å². The zero-order chi connectivity index (χ0) is 35.1. The van der Waals surface area contributed by atoms with E-state index in [1.807, 2.05) is 0 Å². The Hall–Kier alpha value is -6.68. The van der Waals surface area contributed by atoms with Crippen LogP contribution < -0.4 is 0 Å². The monoisotopic (exact) mass is 671 g/mol. The van der Waals surface area contributed by atoms with Crippen molar-refractivity contribution in [3.05, 3.63) is 205 Å². The molecule has 2 aromatic heterocycles. The van der Waals surface area contributed by atoms with E-state index in [2.05, 4.69) is 158 Å². The maximum atomic E-state index is 11.1. The van der Waals surface area contributed by atoms with Crippen molar-refractivity contribution in [2.24, 2.45) is 0 Å². The van der Waals surface area contributed by atoms with Gasteiger partial charge in [-0.05, 0) is 92.7 Å². The quantitative estimate of drug-likeness (QED) is 0.161. The molecule has 0 atom stereocenters. The molecular weight excluding hydrogens is 643 g/mol. The Morgan fingerprint density at radius 2 is 0.849 bits per heavy atom. The van der Waals surface area contributed by atoms with Crippen LogP contribution in [0.15, 0.2) is 127 Å². The minimum absolute atomic E-state index is 0.0125. The lowest BCUT2D eigenvalue weighted by molar-refractivity contribution is 0.595. The van der Waals surface area contributed by atoms with Gasteiger partial charge in [-0.25, -0.2) is 0 Å². The molecule has 0 fully saturated rings. The first-order chi connectivity index (χ1) is 26.0. The summed E-state index contributed by atoms with van der Waals surface area (Å²) in [6.45, 7) is 4.65. The summed E-state index contributed by atoms with van der Waals surface area (Å²) < 4.78 is 2.41. The Bertz CT molecular complexity index is 3000. The van der Waals surface area contributed by atoms with Crippen molar-refractivity contribution in [1.29, 1.82) is 10.5 Å². The van der Waals surface area contributed by atoms with Crippen LogP contribution in [-0.2, 0) is 10.8 Å². The molecule has 2 heterocycles. The molecule has 0 radical (unpaired) electrons. The number of fused-ring (bicyclic) bond motifs is 6. The van der Waals surface area contributed by atoms with Crippen LogP contribution >= 0.6 is 0 Å². The van der Waals surface area contributed by atoms with Crippen molar-refractivity contribution in [2.45, 2.75) is 36.5 Å². The van der Waals surface area contributed by atoms with E-state index in [4.69, 9.17) is 0 Å². The standard InChI is InChI=1S/C50H29N3/c1-49-34-18-7-3-12-28(34)40(29-13-4-8-19-35(29)49)44-42-32-16-11-17-33-43-39(53(48(32)33)38(42)22-26(24-51)46(44)49)23-27(25-52)47-45(43)41-30-14-5-9-20-36(30)50(47,2)37-21-10-6-15-31(37)41/h3-23,40-41H,1-2H3. The number of rotatable bonds is 0. The van der Waals surface area contributed by atoms with Gasteiger partial charge < -0.3 is 4.40 Å². The average Bonchev–Trinajstić information content (AvgIpc) is 3.73. The van der Waals surface area contributed by atoms with Gasteiger partial charge >= 0.3 is 0 Å². The lowest BCUT2D eigenvalue weighted by Crippen LogP contribution is -2.41. The highest BCUT2D eigenvalue weighted by Crippen LogP contribution is 2.64. The number of nitriles is 2. The van der Waals surface area contributed by atoms with Crippen LogP contribution in [0.1, 0.15) is 104 Å². The van der Waals surface area contributed by atoms with Crippen LogP contribution in [0.2, 0.25) is 0 Å². The molecule has 6 aliphatic carbocycles. The number of para-hydroxylation sites is 1. The van der Waals surface area contributed by atoms with Crippen LogP contribution in [0.4, 0.5) is 0 Å². The van der Waals surface area contributed by atoms with E-state index < -0.39 is 10.8 Å². The number of nitrogens with zero attached hydrogens (tertiary/aromatic N) is 3. The lowest BCUT2D eigenvalue weighted by Gasteiger charge is -2.49. The summed E-state index contributed by atoms with van der Waals surface area (Å²) >= 11 is 0. The molecule has 244 valence electrons. The molecule has 9 aromatic rings. The highest BCUT2D eigenvalue weighted by Gasteiger charge is 2.53. The van der Waals surface area contributed by atoms with Gasteiger partial charge in [-0.2, -0.15) is 10.5 Å². The fraction of sp³-hybridized carbons (Fsp3) is 0.120. The molecule has 0 saturated carbocycles. The third-order valence-electron chi connectivity index (χ3n) is 14.0. The zero-order valence-corrected chi connectivity index (χ0v) is 29.1. The van der Waals surface area contributed by atoms with Gasteiger partial charge in [0.2, 0.25) is 0 Å². The van der Waals surface area contributed by atoms with Crippen LogP contribution in [-0.4, -0.2) is 4.40 Å². The Labute approximate surface area is 305 Å². The summed E-state index contributed by atoms with van der Waals surface area (Å²) in [6.07, 6.45) is 0. The number of aromatic nitrogens is 1. The fourth-order valence-electron chi connectivity index (χ4n) is 12.3. The summed E-state index contributed by atoms with van der Waals surface area (Å²) in [7, 11) is 0. The number of hydrogen-bond donors (Lipinski definition) is 0. The molecule has 53 heavy (non-hydrogen) atoms. The minimum Gasteiger partial charge on any atom is -0.308 e. The summed E-state index contributed by atoms with van der Waals surface area (Å²) in [4.78, 5) is 0. The van der Waals surface area contributed by atoms with E-state index in [0.29, 0.717) is 0 Å². The Morgan fingerprint density at radius 3 is 1.21 bits per heavy atom. The van der Waals surface area contributed by atoms with Crippen molar-refractivity contribution >= 4 is 38.1 Å². The maximum Gasteiger partial charge on any atom is 0.0995 e. The molecule has 4 bridgehead atoms. The molecule has 0 spiro atoms. The predicted octanol–water partition coefficient (Wildman–Crippen LogP) is 10.9. The minimum atomic E-state index is -0.465. The first kappa shape index (κ1) is 28.0. The second kappa shape index (κ2) is 8.85. The number of benzene rings is 7. The summed E-state index contributed by atoms with van der Waals surface area (Å²) in [6, 6.07) is 52.0. The van der Waals surface area contributed by atoms with Gasteiger partial charge in [0, 0.05) is 44.2 Å². The van der Waals surface area contributed by atoms with E-state index in [-0.39, 0.29) is 11.8 Å². The smallest absolute Gasteiger partial charge is 0.0995 e. The molecule has 0 aliphatic heterocycles. The van der Waals surface area contributed by atoms with E-state index >= 15 is 0 Å². The topological polar surface area (TPSA) is 52.0 Å². The highest BCUT2D eigenvalue weighted by atomic mass is 14.9. The van der Waals surface area contributed by atoms with E-state index in [1.54, 1.807) is 0 Å². The predicted molar refractivity (Wildman–Crippen MR) is 209 cm³/mol. The van der Waals surface area contributed by atoms with Crippen LogP contribution in [0.25, 0.3) is 38.1 Å². The first-order valence-corrected chi connectivity index (χ1v) is 18.6. The van der Waals surface area contributed by atoms with Gasteiger partial charge in [0.1, 0.15) is 0 Å². The van der Waals surface area contributed by atoms with Crippen LogP contribution in [0.3, 0.4) is 0 Å². The average molecular weight is 672 g/mol. The normalized spacial score (nSPS) is 22.3. The molecule has 0 N–H and O–H groups in total. The van der Waals surface area contributed by atoms with Crippen LogP contribution in [0, 0.1) is 22.7 Å². The molecule has 7 aromatic carbocycles. The second-order valence-corrected chi connectivity index (χ2v) is 15.9. The van der Waals surface area contributed by atoms with Gasteiger partial charge in [0.05, 0.1) is 39.8 Å². The zero-order valence-electron chi connectivity index (χ0n) is 29.1. The number of hydrogen-bond acceptors (Lipinski definition) is 2. The Morgan fingerprint density at radius 1 is 0.491 bits per heavy atom. The summed E-state index contributed by atoms with van der Waals surface area (Å²) in [5, 5.41) is 27.0. The second-order valence-electron chi connectivity index (χ2n) is 15.9. The third kappa shape index (κ3) is 2.77. The molecule has 0 unspecified atom stereocenters. The fourth-order valence-corrected chi connectivity index (χ4v) is 12.3. The van der Waals surface area contributed by atoms with Crippen molar-refractivity contribution in [1.82, 2.24) is 4.40 Å². The Kier molecular flexibility index (Phi) is 4.67. The largest absolute Gasteiger partial charge is 0.308 e. The SMILES string of the molecule is CC12c3ccccc3C(c3ccccc31)c1c2c(C#N)cc2c1c1cccc3c4c5c(c(C#N)cc4n2c13)C1(C)c2ccccc2C5c2ccccc21. The summed E-state index contributed by atoms with van der Waals surface area (Å²) in [5.41, 5.74) is 19.1. The van der Waals surface area contributed by atoms with Crippen molar-refractivity contribution < 1.29 is 0 Å². The van der Waals surface area contributed by atoms with Crippen molar-refractivity contribution in [3.8, 4) is 12.1 Å². The first-order valence-electron chi connectivity index (χ1n) is 18.6. The summed E-state index contributed by atoms with van der Waals surface area (Å²) in [5.74, 6) is 0.0250. The van der Waals surface area contributed by atoms with Crippen LogP contribution in [0.5, 0.6) is 0 Å². The van der Waals surface area contributed by atoms with Crippen molar-refractivity contribution in [3.63, 3.8) is 0 Å². The highest BCUT2D eigenvalue weighted by molar-refractivity contribution is 6.26. The van der Waals surface area contributed by atoms with Gasteiger partial charge in [0.25, 0.3) is 0 Å². The van der Waals surface area contributed by atoms with Gasteiger partial charge in [-0.3, -0.25) is 0 Å². The van der Waals surface area contributed by atoms with Gasteiger partial charge in [0.15, 0.2) is 0 Å². The molecule has 3 heteroatoms. The Balaban J connectivity index is 1.23. The van der Waals surface area contributed by atoms with E-state index in [9.17, 15) is 10.5 Å².